The monoisotopic (exact) mass is 283 g/mol. The molecule has 0 heterocycles. The van der Waals surface area contributed by atoms with Gasteiger partial charge in [0.05, 0.1) is 5.75 Å². The van der Waals surface area contributed by atoms with Crippen LogP contribution in [0.1, 0.15) is 50.3 Å². The van der Waals surface area contributed by atoms with E-state index >= 15 is 0 Å². The van der Waals surface area contributed by atoms with Crippen LogP contribution in [0.25, 0.3) is 0 Å². The smallest absolute Gasteiger partial charge is 0.147 e. The molecule has 0 aromatic heterocycles. The zero-order valence-electron chi connectivity index (χ0n) is 12.3. The SMILES string of the molecule is CC(C)c1ccc(C(C)NCCCS(C)(=O)=O)cc1. The van der Waals surface area contributed by atoms with E-state index < -0.39 is 9.84 Å². The summed E-state index contributed by atoms with van der Waals surface area (Å²) in [5.74, 6) is 0.797. The van der Waals surface area contributed by atoms with Gasteiger partial charge in [0.2, 0.25) is 0 Å². The summed E-state index contributed by atoms with van der Waals surface area (Å²) in [7, 11) is -2.84. The Hall–Kier alpha value is -0.870. The molecule has 0 saturated heterocycles. The Balaban J connectivity index is 2.43. The van der Waals surface area contributed by atoms with Gasteiger partial charge in [0.25, 0.3) is 0 Å². The summed E-state index contributed by atoms with van der Waals surface area (Å²) < 4.78 is 22.0. The molecule has 108 valence electrons. The zero-order valence-corrected chi connectivity index (χ0v) is 13.1. The Kier molecular flexibility index (Phi) is 6.01. The van der Waals surface area contributed by atoms with E-state index in [2.05, 4.69) is 50.4 Å². The molecular formula is C15H25NO2S. The highest BCUT2D eigenvalue weighted by atomic mass is 32.2. The van der Waals surface area contributed by atoms with Gasteiger partial charge in [-0.1, -0.05) is 38.1 Å². The summed E-state index contributed by atoms with van der Waals surface area (Å²) in [5.41, 5.74) is 2.58. The van der Waals surface area contributed by atoms with Gasteiger partial charge < -0.3 is 5.32 Å². The van der Waals surface area contributed by atoms with Crippen LogP contribution in [0.4, 0.5) is 0 Å². The standard InChI is InChI=1S/C15H25NO2S/c1-12(2)14-6-8-15(9-7-14)13(3)16-10-5-11-19(4,17)18/h6-9,12-13,16H,5,10-11H2,1-4H3. The maximum Gasteiger partial charge on any atom is 0.147 e. The Bertz CT molecular complexity index is 477. The predicted octanol–water partition coefficient (Wildman–Crippen LogP) is 2.90. The highest BCUT2D eigenvalue weighted by Crippen LogP contribution is 2.18. The van der Waals surface area contributed by atoms with E-state index in [0.29, 0.717) is 12.3 Å². The topological polar surface area (TPSA) is 46.2 Å². The molecule has 0 amide bonds. The molecule has 0 aliphatic heterocycles. The number of hydrogen-bond donors (Lipinski definition) is 1. The first-order chi connectivity index (χ1) is 8.79. The average molecular weight is 283 g/mol. The van der Waals surface area contributed by atoms with Crippen molar-refractivity contribution >= 4 is 9.84 Å². The molecule has 0 spiro atoms. The van der Waals surface area contributed by atoms with Crippen LogP contribution in [0, 0.1) is 0 Å². The highest BCUT2D eigenvalue weighted by Gasteiger charge is 2.07. The number of rotatable bonds is 7. The molecule has 1 N–H and O–H groups in total. The number of sulfone groups is 1. The number of nitrogens with one attached hydrogen (secondary N) is 1. The summed E-state index contributed by atoms with van der Waals surface area (Å²) in [6.07, 6.45) is 1.94. The van der Waals surface area contributed by atoms with Gasteiger partial charge in [0, 0.05) is 12.3 Å². The normalized spacial score (nSPS) is 13.7. The summed E-state index contributed by atoms with van der Waals surface area (Å²) in [6, 6.07) is 8.86. The lowest BCUT2D eigenvalue weighted by Gasteiger charge is -2.15. The van der Waals surface area contributed by atoms with Crippen molar-refractivity contribution in [3.63, 3.8) is 0 Å². The van der Waals surface area contributed by atoms with E-state index in [1.807, 2.05) is 0 Å². The molecule has 19 heavy (non-hydrogen) atoms. The van der Waals surface area contributed by atoms with Crippen LogP contribution in [-0.2, 0) is 9.84 Å². The fraction of sp³-hybridized carbons (Fsp3) is 0.600. The lowest BCUT2D eigenvalue weighted by Crippen LogP contribution is -2.21. The molecule has 1 rings (SSSR count). The summed E-state index contributed by atoms with van der Waals surface area (Å²) in [5, 5.41) is 3.36. The van der Waals surface area contributed by atoms with Crippen molar-refractivity contribution in [3.05, 3.63) is 35.4 Å². The Morgan fingerprint density at radius 3 is 2.05 bits per heavy atom. The maximum atomic E-state index is 11.0. The van der Waals surface area contributed by atoms with E-state index in [9.17, 15) is 8.42 Å². The molecule has 0 fully saturated rings. The molecule has 0 aliphatic rings. The molecule has 1 aromatic carbocycles. The molecule has 1 unspecified atom stereocenters. The maximum absolute atomic E-state index is 11.0. The van der Waals surface area contributed by atoms with Crippen molar-refractivity contribution < 1.29 is 8.42 Å². The largest absolute Gasteiger partial charge is 0.310 e. The minimum atomic E-state index is -2.84. The summed E-state index contributed by atoms with van der Waals surface area (Å²) in [4.78, 5) is 0. The quantitative estimate of drug-likeness (QED) is 0.783. The highest BCUT2D eigenvalue weighted by molar-refractivity contribution is 7.90. The van der Waals surface area contributed by atoms with Gasteiger partial charge in [-0.15, -0.1) is 0 Å². The van der Waals surface area contributed by atoms with Crippen molar-refractivity contribution in [2.75, 3.05) is 18.6 Å². The second-order valence-corrected chi connectivity index (χ2v) is 7.74. The lowest BCUT2D eigenvalue weighted by atomic mass is 9.99. The number of hydrogen-bond acceptors (Lipinski definition) is 3. The van der Waals surface area contributed by atoms with Gasteiger partial charge in [0.15, 0.2) is 0 Å². The first-order valence-electron chi connectivity index (χ1n) is 6.80. The van der Waals surface area contributed by atoms with Gasteiger partial charge in [-0.05, 0) is 36.9 Å². The van der Waals surface area contributed by atoms with Crippen molar-refractivity contribution in [1.29, 1.82) is 0 Å². The van der Waals surface area contributed by atoms with Crippen molar-refractivity contribution in [2.45, 2.75) is 39.2 Å². The minimum Gasteiger partial charge on any atom is -0.310 e. The molecule has 0 bridgehead atoms. The third-order valence-electron chi connectivity index (χ3n) is 3.25. The first-order valence-corrected chi connectivity index (χ1v) is 8.86. The molecule has 0 saturated carbocycles. The van der Waals surface area contributed by atoms with Gasteiger partial charge in [-0.3, -0.25) is 0 Å². The van der Waals surface area contributed by atoms with E-state index in [-0.39, 0.29) is 11.8 Å². The fourth-order valence-electron chi connectivity index (χ4n) is 1.94. The predicted molar refractivity (Wildman–Crippen MR) is 81.3 cm³/mol. The van der Waals surface area contributed by atoms with Crippen LogP contribution in [0.5, 0.6) is 0 Å². The molecule has 4 heteroatoms. The van der Waals surface area contributed by atoms with E-state index in [1.165, 1.54) is 17.4 Å². The average Bonchev–Trinajstić information content (AvgIpc) is 2.33. The van der Waals surface area contributed by atoms with Gasteiger partial charge in [0.1, 0.15) is 9.84 Å². The Labute approximate surface area is 117 Å². The van der Waals surface area contributed by atoms with Gasteiger partial charge >= 0.3 is 0 Å². The molecule has 3 nitrogen and oxygen atoms in total. The summed E-state index contributed by atoms with van der Waals surface area (Å²) >= 11 is 0. The van der Waals surface area contributed by atoms with Gasteiger partial charge in [-0.25, -0.2) is 8.42 Å². The van der Waals surface area contributed by atoms with Crippen molar-refractivity contribution in [3.8, 4) is 0 Å². The van der Waals surface area contributed by atoms with E-state index in [0.717, 1.165) is 6.54 Å². The molecule has 1 aromatic rings. The van der Waals surface area contributed by atoms with Crippen molar-refractivity contribution in [2.24, 2.45) is 0 Å². The second kappa shape index (κ2) is 7.06. The van der Waals surface area contributed by atoms with Crippen LogP contribution >= 0.6 is 0 Å². The van der Waals surface area contributed by atoms with Crippen molar-refractivity contribution in [1.82, 2.24) is 5.32 Å². The van der Waals surface area contributed by atoms with Crippen LogP contribution in [0.2, 0.25) is 0 Å². The van der Waals surface area contributed by atoms with Crippen LogP contribution in [0.15, 0.2) is 24.3 Å². The van der Waals surface area contributed by atoms with E-state index in [1.54, 1.807) is 0 Å². The Morgan fingerprint density at radius 1 is 1.05 bits per heavy atom. The van der Waals surface area contributed by atoms with Crippen LogP contribution < -0.4 is 5.32 Å². The first kappa shape index (κ1) is 16.2. The minimum absolute atomic E-state index is 0.249. The lowest BCUT2D eigenvalue weighted by molar-refractivity contribution is 0.562. The number of benzene rings is 1. The zero-order chi connectivity index (χ0) is 14.5. The summed E-state index contributed by atoms with van der Waals surface area (Å²) in [6.45, 7) is 7.19. The van der Waals surface area contributed by atoms with Gasteiger partial charge in [-0.2, -0.15) is 0 Å². The fourth-order valence-corrected chi connectivity index (χ4v) is 2.61. The van der Waals surface area contributed by atoms with E-state index in [4.69, 9.17) is 0 Å². The molecule has 0 aliphatic carbocycles. The third kappa shape index (κ3) is 6.21. The second-order valence-electron chi connectivity index (χ2n) is 5.48. The molecular weight excluding hydrogens is 258 g/mol. The van der Waals surface area contributed by atoms with Crippen LogP contribution in [-0.4, -0.2) is 27.0 Å². The molecule has 1 atom stereocenters. The Morgan fingerprint density at radius 2 is 1.58 bits per heavy atom. The van der Waals surface area contributed by atoms with Crippen LogP contribution in [0.3, 0.4) is 0 Å². The third-order valence-corrected chi connectivity index (χ3v) is 4.28. The molecule has 0 radical (unpaired) electrons.